The summed E-state index contributed by atoms with van der Waals surface area (Å²) in [6.07, 6.45) is 10.6. The lowest BCUT2D eigenvalue weighted by atomic mass is 9.88. The molecule has 102 valence electrons. The van der Waals surface area contributed by atoms with Crippen molar-refractivity contribution >= 4 is 0 Å². The Morgan fingerprint density at radius 2 is 1.94 bits per heavy atom. The van der Waals surface area contributed by atoms with E-state index in [2.05, 4.69) is 16.9 Å². The lowest BCUT2D eigenvalue weighted by Gasteiger charge is -2.18. The quantitative estimate of drug-likeness (QED) is 0.808. The highest BCUT2D eigenvalue weighted by molar-refractivity contribution is 5.07. The van der Waals surface area contributed by atoms with E-state index in [0.717, 1.165) is 11.7 Å². The first-order chi connectivity index (χ1) is 8.76. The number of aromatic nitrogens is 2. The van der Waals surface area contributed by atoms with Crippen LogP contribution in [-0.2, 0) is 0 Å². The lowest BCUT2D eigenvalue weighted by Crippen LogP contribution is -2.03. The SMILES string of the molecule is CCC1CCCCC1.CCOc1ccnc(C)n1. The average Bonchev–Trinajstić information content (AvgIpc) is 2.41. The number of hydrogen-bond acceptors (Lipinski definition) is 3. The molecule has 0 N–H and O–H groups in total. The van der Waals surface area contributed by atoms with Crippen LogP contribution >= 0.6 is 0 Å². The third-order valence-electron chi connectivity index (χ3n) is 3.34. The Bertz CT molecular complexity index is 322. The van der Waals surface area contributed by atoms with Crippen LogP contribution in [0.4, 0.5) is 0 Å². The fourth-order valence-corrected chi connectivity index (χ4v) is 2.26. The van der Waals surface area contributed by atoms with Crippen LogP contribution in [0, 0.1) is 12.8 Å². The minimum atomic E-state index is 0.648. The summed E-state index contributed by atoms with van der Waals surface area (Å²) in [5, 5.41) is 0. The molecule has 0 unspecified atom stereocenters. The van der Waals surface area contributed by atoms with Crippen LogP contribution in [0.1, 0.15) is 58.2 Å². The molecule has 3 heteroatoms. The smallest absolute Gasteiger partial charge is 0.216 e. The molecule has 0 amide bonds. The Morgan fingerprint density at radius 3 is 2.44 bits per heavy atom. The third-order valence-corrected chi connectivity index (χ3v) is 3.34. The first-order valence-electron chi connectivity index (χ1n) is 7.18. The molecule has 1 aliphatic carbocycles. The van der Waals surface area contributed by atoms with Crippen molar-refractivity contribution in [2.24, 2.45) is 5.92 Å². The van der Waals surface area contributed by atoms with Crippen molar-refractivity contribution in [1.29, 1.82) is 0 Å². The topological polar surface area (TPSA) is 35.0 Å². The molecule has 3 nitrogen and oxygen atoms in total. The molecular formula is C15H26N2O. The molecule has 18 heavy (non-hydrogen) atoms. The van der Waals surface area contributed by atoms with Crippen molar-refractivity contribution in [2.45, 2.75) is 59.3 Å². The van der Waals surface area contributed by atoms with E-state index in [9.17, 15) is 0 Å². The summed E-state index contributed by atoms with van der Waals surface area (Å²) < 4.78 is 5.14. The predicted molar refractivity (Wildman–Crippen MR) is 74.8 cm³/mol. The van der Waals surface area contributed by atoms with Gasteiger partial charge in [-0.2, -0.15) is 4.98 Å². The van der Waals surface area contributed by atoms with E-state index in [1.54, 1.807) is 12.3 Å². The second-order valence-electron chi connectivity index (χ2n) is 4.79. The Balaban J connectivity index is 0.000000184. The Kier molecular flexibility index (Phi) is 7.38. The Hall–Kier alpha value is -1.12. The number of ether oxygens (including phenoxy) is 1. The van der Waals surface area contributed by atoms with E-state index < -0.39 is 0 Å². The summed E-state index contributed by atoms with van der Waals surface area (Å²) >= 11 is 0. The maximum absolute atomic E-state index is 5.14. The fraction of sp³-hybridized carbons (Fsp3) is 0.733. The lowest BCUT2D eigenvalue weighted by molar-refractivity contribution is 0.325. The summed E-state index contributed by atoms with van der Waals surface area (Å²) in [4.78, 5) is 7.96. The van der Waals surface area contributed by atoms with E-state index >= 15 is 0 Å². The molecule has 0 spiro atoms. The minimum Gasteiger partial charge on any atom is -0.478 e. The molecule has 0 bridgehead atoms. The predicted octanol–water partition coefficient (Wildman–Crippen LogP) is 4.16. The summed E-state index contributed by atoms with van der Waals surface area (Å²) in [5.74, 6) is 2.48. The van der Waals surface area contributed by atoms with Gasteiger partial charge in [0.2, 0.25) is 5.88 Å². The normalized spacial score (nSPS) is 15.7. The zero-order valence-corrected chi connectivity index (χ0v) is 12.0. The van der Waals surface area contributed by atoms with E-state index in [-0.39, 0.29) is 0 Å². The van der Waals surface area contributed by atoms with E-state index in [1.807, 2.05) is 13.8 Å². The van der Waals surface area contributed by atoms with Gasteiger partial charge >= 0.3 is 0 Å². The molecule has 0 atom stereocenters. The minimum absolute atomic E-state index is 0.648. The van der Waals surface area contributed by atoms with Gasteiger partial charge in [0.25, 0.3) is 0 Å². The zero-order valence-electron chi connectivity index (χ0n) is 12.0. The standard InChI is InChI=1S/C8H16.C7H10N2O/c1-2-8-6-4-3-5-7-8;1-3-10-7-4-5-8-6(2)9-7/h8H,2-7H2,1H3;4-5H,3H2,1-2H3. The van der Waals surface area contributed by atoms with Gasteiger partial charge in [-0.1, -0.05) is 45.4 Å². The van der Waals surface area contributed by atoms with Gasteiger partial charge in [0.05, 0.1) is 6.61 Å². The van der Waals surface area contributed by atoms with Crippen molar-refractivity contribution in [3.63, 3.8) is 0 Å². The maximum Gasteiger partial charge on any atom is 0.216 e. The van der Waals surface area contributed by atoms with E-state index in [1.165, 1.54) is 38.5 Å². The summed E-state index contributed by atoms with van der Waals surface area (Å²) in [5.41, 5.74) is 0. The highest BCUT2D eigenvalue weighted by atomic mass is 16.5. The van der Waals surface area contributed by atoms with Crippen LogP contribution in [0.2, 0.25) is 0 Å². The van der Waals surface area contributed by atoms with Gasteiger partial charge in [0.15, 0.2) is 0 Å². The van der Waals surface area contributed by atoms with E-state index in [4.69, 9.17) is 4.74 Å². The van der Waals surface area contributed by atoms with Crippen molar-refractivity contribution in [2.75, 3.05) is 6.61 Å². The van der Waals surface area contributed by atoms with Crippen LogP contribution in [-0.4, -0.2) is 16.6 Å². The monoisotopic (exact) mass is 250 g/mol. The molecule has 1 fully saturated rings. The van der Waals surface area contributed by atoms with Gasteiger partial charge in [-0.15, -0.1) is 0 Å². The van der Waals surface area contributed by atoms with E-state index in [0.29, 0.717) is 12.5 Å². The van der Waals surface area contributed by atoms with Crippen molar-refractivity contribution in [3.05, 3.63) is 18.1 Å². The maximum atomic E-state index is 5.14. The molecule has 1 saturated carbocycles. The van der Waals surface area contributed by atoms with Crippen molar-refractivity contribution in [3.8, 4) is 5.88 Å². The largest absolute Gasteiger partial charge is 0.478 e. The average molecular weight is 250 g/mol. The fourth-order valence-electron chi connectivity index (χ4n) is 2.26. The highest BCUT2D eigenvalue weighted by Crippen LogP contribution is 2.25. The van der Waals surface area contributed by atoms with Gasteiger partial charge in [-0.3, -0.25) is 0 Å². The third kappa shape index (κ3) is 5.99. The van der Waals surface area contributed by atoms with Crippen LogP contribution in [0.25, 0.3) is 0 Å². The van der Waals surface area contributed by atoms with Crippen molar-refractivity contribution < 1.29 is 4.74 Å². The molecular weight excluding hydrogens is 224 g/mol. The highest BCUT2D eigenvalue weighted by Gasteiger charge is 2.09. The zero-order chi connectivity index (χ0) is 13.2. The molecule has 2 rings (SSSR count). The summed E-state index contributed by atoms with van der Waals surface area (Å²) in [7, 11) is 0. The second kappa shape index (κ2) is 8.90. The molecule has 1 aliphatic rings. The molecule has 0 radical (unpaired) electrons. The summed E-state index contributed by atoms with van der Waals surface area (Å²) in [6, 6.07) is 1.75. The Morgan fingerprint density at radius 1 is 1.22 bits per heavy atom. The molecule has 0 aliphatic heterocycles. The van der Waals surface area contributed by atoms with Gasteiger partial charge in [-0.25, -0.2) is 4.98 Å². The molecule has 1 aromatic heterocycles. The van der Waals surface area contributed by atoms with Crippen molar-refractivity contribution in [1.82, 2.24) is 9.97 Å². The first-order valence-corrected chi connectivity index (χ1v) is 7.18. The van der Waals surface area contributed by atoms with Gasteiger partial charge in [0.1, 0.15) is 5.82 Å². The number of rotatable bonds is 3. The van der Waals surface area contributed by atoms with Gasteiger partial charge < -0.3 is 4.74 Å². The Labute approximate surface area is 111 Å². The number of hydrogen-bond donors (Lipinski definition) is 0. The first kappa shape index (κ1) is 14.9. The molecule has 1 heterocycles. The molecule has 0 aromatic carbocycles. The molecule has 1 aromatic rings. The van der Waals surface area contributed by atoms with Crippen LogP contribution in [0.3, 0.4) is 0 Å². The van der Waals surface area contributed by atoms with Gasteiger partial charge in [-0.05, 0) is 19.8 Å². The summed E-state index contributed by atoms with van der Waals surface area (Å²) in [6.45, 7) is 6.73. The van der Waals surface area contributed by atoms with Crippen LogP contribution in [0.5, 0.6) is 5.88 Å². The molecule has 0 saturated heterocycles. The number of nitrogens with zero attached hydrogens (tertiary/aromatic N) is 2. The van der Waals surface area contributed by atoms with Gasteiger partial charge in [0, 0.05) is 12.3 Å². The number of aryl methyl sites for hydroxylation is 1. The van der Waals surface area contributed by atoms with Crippen LogP contribution < -0.4 is 4.74 Å². The second-order valence-corrected chi connectivity index (χ2v) is 4.79. The van der Waals surface area contributed by atoms with Crippen LogP contribution in [0.15, 0.2) is 12.3 Å².